The van der Waals surface area contributed by atoms with Crippen molar-refractivity contribution in [2.24, 2.45) is 4.99 Å². The minimum atomic E-state index is -0.805. The van der Waals surface area contributed by atoms with Crippen LogP contribution >= 0.6 is 22.9 Å². The van der Waals surface area contributed by atoms with E-state index >= 15 is 0 Å². The molecule has 0 bridgehead atoms. The minimum absolute atomic E-state index is 0.0736. The first kappa shape index (κ1) is 22.7. The number of benzene rings is 1. The Hall–Kier alpha value is -1.63. The molecule has 2 aromatic rings. The fraction of sp³-hybridized carbons (Fsp3) is 0.524. The lowest BCUT2D eigenvalue weighted by atomic mass is 9.93. The van der Waals surface area contributed by atoms with Crippen LogP contribution in [0.3, 0.4) is 0 Å². The molecule has 0 radical (unpaired) electrons. The second-order valence-electron chi connectivity index (χ2n) is 8.52. The van der Waals surface area contributed by atoms with Crippen molar-refractivity contribution >= 4 is 28.8 Å². The minimum Gasteiger partial charge on any atom is -0.496 e. The van der Waals surface area contributed by atoms with Crippen LogP contribution in [0.1, 0.15) is 62.0 Å². The van der Waals surface area contributed by atoms with E-state index in [0.29, 0.717) is 34.1 Å². The van der Waals surface area contributed by atoms with Crippen molar-refractivity contribution in [2.75, 3.05) is 7.11 Å². The van der Waals surface area contributed by atoms with Crippen LogP contribution in [0.15, 0.2) is 23.2 Å². The van der Waals surface area contributed by atoms with Crippen LogP contribution in [0.5, 0.6) is 5.75 Å². The Morgan fingerprint density at radius 1 is 1.29 bits per heavy atom. The lowest BCUT2D eigenvalue weighted by Gasteiger charge is -2.20. The molecule has 7 heteroatoms. The fourth-order valence-corrected chi connectivity index (χ4v) is 4.29. The van der Waals surface area contributed by atoms with Gasteiger partial charge in [-0.2, -0.15) is 4.99 Å². The van der Waals surface area contributed by atoms with E-state index in [9.17, 15) is 9.90 Å². The van der Waals surface area contributed by atoms with Crippen LogP contribution in [-0.2, 0) is 12.0 Å². The third-order valence-electron chi connectivity index (χ3n) is 4.38. The fourth-order valence-electron chi connectivity index (χ4n) is 2.91. The molecule has 1 amide bonds. The number of carbonyl (C=O) groups is 1. The molecule has 0 spiro atoms. The van der Waals surface area contributed by atoms with Gasteiger partial charge in [0, 0.05) is 22.1 Å². The van der Waals surface area contributed by atoms with E-state index in [4.69, 9.17) is 16.3 Å². The SMILES string of the molecule is COc1ccc(Cl)cc1C(=O)N=c1sc(C(C)(C)C)c(C)n1CCC(C)(C)O. The lowest BCUT2D eigenvalue weighted by molar-refractivity contribution is 0.0658. The molecule has 0 atom stereocenters. The third kappa shape index (κ3) is 5.46. The summed E-state index contributed by atoms with van der Waals surface area (Å²) < 4.78 is 7.30. The topological polar surface area (TPSA) is 63.8 Å². The van der Waals surface area contributed by atoms with Crippen molar-refractivity contribution in [3.8, 4) is 5.75 Å². The summed E-state index contributed by atoms with van der Waals surface area (Å²) in [4.78, 5) is 19.1. The summed E-state index contributed by atoms with van der Waals surface area (Å²) in [5.41, 5.74) is 0.509. The van der Waals surface area contributed by atoms with E-state index in [1.54, 1.807) is 32.0 Å². The van der Waals surface area contributed by atoms with E-state index in [-0.39, 0.29) is 5.41 Å². The molecule has 0 saturated carbocycles. The van der Waals surface area contributed by atoms with Crippen molar-refractivity contribution in [1.29, 1.82) is 0 Å². The highest BCUT2D eigenvalue weighted by Gasteiger charge is 2.24. The van der Waals surface area contributed by atoms with Gasteiger partial charge in [0.25, 0.3) is 5.91 Å². The summed E-state index contributed by atoms with van der Waals surface area (Å²) in [5, 5.41) is 10.6. The van der Waals surface area contributed by atoms with Gasteiger partial charge in [-0.05, 0) is 50.8 Å². The predicted molar refractivity (Wildman–Crippen MR) is 115 cm³/mol. The normalized spacial score (nSPS) is 13.1. The van der Waals surface area contributed by atoms with Crippen molar-refractivity contribution in [2.45, 2.75) is 65.5 Å². The first-order valence-electron chi connectivity index (χ1n) is 9.19. The number of thiazole rings is 1. The average Bonchev–Trinajstić information content (AvgIpc) is 2.88. The van der Waals surface area contributed by atoms with Gasteiger partial charge < -0.3 is 14.4 Å². The van der Waals surface area contributed by atoms with Gasteiger partial charge in [-0.25, -0.2) is 0 Å². The number of carbonyl (C=O) groups excluding carboxylic acids is 1. The molecular weight excluding hydrogens is 396 g/mol. The molecule has 1 N–H and O–H groups in total. The standard InChI is InChI=1S/C21H29ClN2O3S/c1-13-17(20(2,3)4)28-19(24(13)11-10-21(5,6)26)23-18(25)15-12-14(22)8-9-16(15)27-7/h8-9,12,26H,10-11H2,1-7H3. The Labute approximate surface area is 175 Å². The summed E-state index contributed by atoms with van der Waals surface area (Å²) in [7, 11) is 1.51. The molecule has 0 aliphatic heterocycles. The number of nitrogens with zero attached hydrogens (tertiary/aromatic N) is 2. The number of hydrogen-bond donors (Lipinski definition) is 1. The average molecular weight is 425 g/mol. The maximum Gasteiger partial charge on any atom is 0.283 e. The number of hydrogen-bond acceptors (Lipinski definition) is 4. The first-order chi connectivity index (χ1) is 12.8. The van der Waals surface area contributed by atoms with Crippen molar-refractivity contribution in [3.05, 3.63) is 44.2 Å². The van der Waals surface area contributed by atoms with Crippen LogP contribution < -0.4 is 9.54 Å². The molecule has 0 aliphatic rings. The van der Waals surface area contributed by atoms with Crippen LogP contribution in [-0.4, -0.2) is 28.3 Å². The van der Waals surface area contributed by atoms with Gasteiger partial charge >= 0.3 is 0 Å². The highest BCUT2D eigenvalue weighted by molar-refractivity contribution is 7.09. The van der Waals surface area contributed by atoms with Crippen LogP contribution in [0.2, 0.25) is 5.02 Å². The molecule has 0 fully saturated rings. The summed E-state index contributed by atoms with van der Waals surface area (Å²) in [6.45, 7) is 12.6. The lowest BCUT2D eigenvalue weighted by Crippen LogP contribution is -2.26. The number of rotatable bonds is 5. The third-order valence-corrected chi connectivity index (χ3v) is 6.22. The van der Waals surface area contributed by atoms with Gasteiger partial charge in [0.2, 0.25) is 0 Å². The summed E-state index contributed by atoms with van der Waals surface area (Å²) in [6, 6.07) is 4.90. The van der Waals surface area contributed by atoms with Gasteiger partial charge in [-0.3, -0.25) is 4.79 Å². The molecule has 2 rings (SSSR count). The van der Waals surface area contributed by atoms with Gasteiger partial charge in [-0.1, -0.05) is 32.4 Å². The second kappa shape index (κ2) is 8.39. The zero-order valence-corrected chi connectivity index (χ0v) is 19.2. The Balaban J connectivity index is 2.59. The summed E-state index contributed by atoms with van der Waals surface area (Å²) in [5.74, 6) is 0.0311. The van der Waals surface area contributed by atoms with Crippen LogP contribution in [0.4, 0.5) is 0 Å². The molecule has 5 nitrogen and oxygen atoms in total. The maximum atomic E-state index is 12.9. The zero-order chi connectivity index (χ0) is 21.3. The van der Waals surface area contributed by atoms with E-state index < -0.39 is 11.5 Å². The number of aliphatic hydroxyl groups is 1. The Kier molecular flexibility index (Phi) is 6.79. The monoisotopic (exact) mass is 424 g/mol. The predicted octanol–water partition coefficient (Wildman–Crippen LogP) is 4.72. The first-order valence-corrected chi connectivity index (χ1v) is 10.4. The van der Waals surface area contributed by atoms with E-state index in [1.807, 2.05) is 11.5 Å². The summed E-state index contributed by atoms with van der Waals surface area (Å²) >= 11 is 7.57. The van der Waals surface area contributed by atoms with Crippen LogP contribution in [0, 0.1) is 6.92 Å². The van der Waals surface area contributed by atoms with E-state index in [1.165, 1.54) is 18.4 Å². The number of methoxy groups -OCH3 is 1. The van der Waals surface area contributed by atoms with E-state index in [0.717, 1.165) is 10.6 Å². The van der Waals surface area contributed by atoms with Gasteiger partial charge in [0.05, 0.1) is 18.3 Å². The highest BCUT2D eigenvalue weighted by atomic mass is 35.5. The molecule has 1 aromatic carbocycles. The van der Waals surface area contributed by atoms with Crippen LogP contribution in [0.25, 0.3) is 0 Å². The second-order valence-corrected chi connectivity index (χ2v) is 9.94. The largest absolute Gasteiger partial charge is 0.496 e. The Morgan fingerprint density at radius 2 is 1.93 bits per heavy atom. The van der Waals surface area contributed by atoms with Crippen molar-refractivity contribution < 1.29 is 14.6 Å². The highest BCUT2D eigenvalue weighted by Crippen LogP contribution is 2.29. The molecule has 1 aromatic heterocycles. The van der Waals surface area contributed by atoms with Crippen molar-refractivity contribution in [1.82, 2.24) is 4.57 Å². The Morgan fingerprint density at radius 3 is 2.46 bits per heavy atom. The molecule has 0 saturated heterocycles. The molecule has 28 heavy (non-hydrogen) atoms. The molecule has 0 aliphatic carbocycles. The number of amides is 1. The van der Waals surface area contributed by atoms with Crippen molar-refractivity contribution in [3.63, 3.8) is 0 Å². The molecular formula is C21H29ClN2O3S. The van der Waals surface area contributed by atoms with Gasteiger partial charge in [-0.15, -0.1) is 11.3 Å². The number of halogens is 1. The Bertz CT molecular complexity index is 931. The zero-order valence-electron chi connectivity index (χ0n) is 17.6. The maximum absolute atomic E-state index is 12.9. The molecule has 154 valence electrons. The van der Waals surface area contributed by atoms with E-state index in [2.05, 4.69) is 25.8 Å². The smallest absolute Gasteiger partial charge is 0.283 e. The number of ether oxygens (including phenoxy) is 1. The quantitative estimate of drug-likeness (QED) is 0.755. The number of aromatic nitrogens is 1. The van der Waals surface area contributed by atoms with Gasteiger partial charge in [0.1, 0.15) is 5.75 Å². The summed E-state index contributed by atoms with van der Waals surface area (Å²) in [6.07, 6.45) is 0.552. The van der Waals surface area contributed by atoms with Gasteiger partial charge in [0.15, 0.2) is 4.80 Å². The molecule has 1 heterocycles. The molecule has 0 unspecified atom stereocenters.